The van der Waals surface area contributed by atoms with Gasteiger partial charge in [-0.1, -0.05) is 30.3 Å². The number of aliphatic imine (C=N–C) groups is 1. The number of hydrogen-bond donors (Lipinski definition) is 1. The lowest BCUT2D eigenvalue weighted by atomic mass is 9.78. The monoisotopic (exact) mass is 349 g/mol. The molecule has 4 rings (SSSR count). The van der Waals surface area contributed by atoms with Crippen molar-refractivity contribution in [3.63, 3.8) is 0 Å². The second-order valence-corrected chi connectivity index (χ2v) is 6.96. The van der Waals surface area contributed by atoms with Gasteiger partial charge in [-0.05, 0) is 36.6 Å². The number of fused-ring (bicyclic) bond motifs is 1. The van der Waals surface area contributed by atoms with Crippen LogP contribution in [-0.4, -0.2) is 55.1 Å². The van der Waals surface area contributed by atoms with Gasteiger partial charge in [0.2, 0.25) is 0 Å². The van der Waals surface area contributed by atoms with Crippen LogP contribution in [0.3, 0.4) is 0 Å². The quantitative estimate of drug-likeness (QED) is 0.680. The van der Waals surface area contributed by atoms with Crippen LogP contribution in [0.5, 0.6) is 0 Å². The van der Waals surface area contributed by atoms with Gasteiger partial charge in [0.05, 0.1) is 0 Å². The van der Waals surface area contributed by atoms with Crippen molar-refractivity contribution in [2.45, 2.75) is 19.3 Å². The van der Waals surface area contributed by atoms with Crippen molar-refractivity contribution in [1.82, 2.24) is 15.2 Å². The van der Waals surface area contributed by atoms with E-state index in [2.05, 4.69) is 63.4 Å². The number of pyridine rings is 1. The fourth-order valence-corrected chi connectivity index (χ4v) is 3.84. The Kier molecular flexibility index (Phi) is 5.04. The Labute approximate surface area is 155 Å². The molecule has 1 saturated heterocycles. The molecule has 2 aliphatic rings. The zero-order valence-electron chi connectivity index (χ0n) is 15.4. The predicted octanol–water partition coefficient (Wildman–Crippen LogP) is 2.51. The van der Waals surface area contributed by atoms with Crippen molar-refractivity contribution in [3.8, 4) is 0 Å². The second kappa shape index (κ2) is 7.77. The lowest BCUT2D eigenvalue weighted by Gasteiger charge is -2.37. The molecule has 136 valence electrons. The standard InChI is InChI=1S/C21H27N5/c1-2-22-21(24-16-18-15-17-7-3-4-8-19(17)18)26-13-11-25(12-14-26)20-9-5-6-10-23-20/h3-10,18H,2,11-16H2,1H3,(H,22,24). The van der Waals surface area contributed by atoms with Crippen molar-refractivity contribution in [3.05, 3.63) is 59.8 Å². The Bertz CT molecular complexity index is 750. The number of hydrogen-bond acceptors (Lipinski definition) is 3. The number of rotatable bonds is 4. The number of benzene rings is 1. The van der Waals surface area contributed by atoms with Crippen molar-refractivity contribution in [2.24, 2.45) is 4.99 Å². The third-order valence-corrected chi connectivity index (χ3v) is 5.31. The van der Waals surface area contributed by atoms with Gasteiger partial charge in [-0.25, -0.2) is 4.98 Å². The van der Waals surface area contributed by atoms with Crippen molar-refractivity contribution < 1.29 is 0 Å². The van der Waals surface area contributed by atoms with E-state index in [1.807, 2.05) is 12.3 Å². The molecule has 1 aliphatic carbocycles. The zero-order valence-corrected chi connectivity index (χ0v) is 15.4. The number of nitrogens with one attached hydrogen (secondary N) is 1. The fraction of sp³-hybridized carbons (Fsp3) is 0.429. The van der Waals surface area contributed by atoms with Gasteiger partial charge < -0.3 is 15.1 Å². The minimum absolute atomic E-state index is 0.578. The van der Waals surface area contributed by atoms with Crippen LogP contribution in [-0.2, 0) is 6.42 Å². The van der Waals surface area contributed by atoms with E-state index >= 15 is 0 Å². The third-order valence-electron chi connectivity index (χ3n) is 5.31. The predicted molar refractivity (Wildman–Crippen MR) is 107 cm³/mol. The molecule has 1 aromatic carbocycles. The Morgan fingerprint density at radius 2 is 1.92 bits per heavy atom. The summed E-state index contributed by atoms with van der Waals surface area (Å²) in [7, 11) is 0. The topological polar surface area (TPSA) is 43.8 Å². The molecule has 2 heterocycles. The number of guanidine groups is 1. The van der Waals surface area contributed by atoms with Crippen LogP contribution in [0.4, 0.5) is 5.82 Å². The molecule has 1 aromatic heterocycles. The summed E-state index contributed by atoms with van der Waals surface area (Å²) in [4.78, 5) is 14.2. The first-order valence-electron chi connectivity index (χ1n) is 9.62. The average molecular weight is 349 g/mol. The molecule has 5 nitrogen and oxygen atoms in total. The molecule has 0 spiro atoms. The molecular weight excluding hydrogens is 322 g/mol. The first kappa shape index (κ1) is 16.9. The molecule has 1 N–H and O–H groups in total. The molecule has 0 amide bonds. The molecule has 1 atom stereocenters. The van der Waals surface area contributed by atoms with Crippen LogP contribution in [0.2, 0.25) is 0 Å². The van der Waals surface area contributed by atoms with Gasteiger partial charge in [-0.3, -0.25) is 4.99 Å². The normalized spacial score (nSPS) is 19.7. The molecule has 1 unspecified atom stereocenters. The van der Waals surface area contributed by atoms with Crippen molar-refractivity contribution in [1.29, 1.82) is 0 Å². The van der Waals surface area contributed by atoms with Crippen molar-refractivity contribution >= 4 is 11.8 Å². The summed E-state index contributed by atoms with van der Waals surface area (Å²) in [5.74, 6) is 2.70. The van der Waals surface area contributed by atoms with E-state index in [1.54, 1.807) is 0 Å². The number of piperazine rings is 1. The lowest BCUT2D eigenvalue weighted by molar-refractivity contribution is 0.370. The highest BCUT2D eigenvalue weighted by atomic mass is 15.4. The molecule has 0 radical (unpaired) electrons. The maximum absolute atomic E-state index is 4.95. The minimum Gasteiger partial charge on any atom is -0.357 e. The summed E-state index contributed by atoms with van der Waals surface area (Å²) in [6, 6.07) is 14.9. The van der Waals surface area contributed by atoms with E-state index in [4.69, 9.17) is 4.99 Å². The highest BCUT2D eigenvalue weighted by molar-refractivity contribution is 5.80. The van der Waals surface area contributed by atoms with Crippen LogP contribution in [0.15, 0.2) is 53.7 Å². The SMILES string of the molecule is CCNC(=NCC1Cc2ccccc21)N1CCN(c2ccccn2)CC1. The number of anilines is 1. The van der Waals surface area contributed by atoms with Crippen molar-refractivity contribution in [2.75, 3.05) is 44.2 Å². The van der Waals surface area contributed by atoms with E-state index in [9.17, 15) is 0 Å². The maximum Gasteiger partial charge on any atom is 0.194 e. The largest absolute Gasteiger partial charge is 0.357 e. The smallest absolute Gasteiger partial charge is 0.194 e. The zero-order chi connectivity index (χ0) is 17.8. The van der Waals surface area contributed by atoms with Crippen LogP contribution < -0.4 is 10.2 Å². The van der Waals surface area contributed by atoms with Crippen LogP contribution in [0.1, 0.15) is 24.0 Å². The summed E-state index contributed by atoms with van der Waals surface area (Å²) in [6.07, 6.45) is 3.02. The molecular formula is C21H27N5. The summed E-state index contributed by atoms with van der Waals surface area (Å²) < 4.78 is 0. The maximum atomic E-state index is 4.95. The van der Waals surface area contributed by atoms with Gasteiger partial charge in [0, 0.05) is 51.4 Å². The van der Waals surface area contributed by atoms with Gasteiger partial charge in [-0.2, -0.15) is 0 Å². The first-order valence-corrected chi connectivity index (χ1v) is 9.62. The van der Waals surface area contributed by atoms with Gasteiger partial charge in [0.25, 0.3) is 0 Å². The summed E-state index contributed by atoms with van der Waals surface area (Å²) in [6.45, 7) is 7.83. The molecule has 1 fully saturated rings. The molecule has 2 aromatic rings. The van der Waals surface area contributed by atoms with Crippen LogP contribution in [0, 0.1) is 0 Å². The molecule has 26 heavy (non-hydrogen) atoms. The van der Waals surface area contributed by atoms with Gasteiger partial charge >= 0.3 is 0 Å². The number of aromatic nitrogens is 1. The molecule has 5 heteroatoms. The summed E-state index contributed by atoms with van der Waals surface area (Å²) in [5.41, 5.74) is 2.97. The Morgan fingerprint density at radius 1 is 1.12 bits per heavy atom. The Balaban J connectivity index is 1.37. The van der Waals surface area contributed by atoms with E-state index < -0.39 is 0 Å². The average Bonchev–Trinajstić information content (AvgIpc) is 2.69. The molecule has 0 bridgehead atoms. The Morgan fingerprint density at radius 3 is 2.65 bits per heavy atom. The fourth-order valence-electron chi connectivity index (χ4n) is 3.84. The van der Waals surface area contributed by atoms with Crippen LogP contribution in [0.25, 0.3) is 0 Å². The number of nitrogens with zero attached hydrogens (tertiary/aromatic N) is 4. The van der Waals surface area contributed by atoms with Gasteiger partial charge in [0.1, 0.15) is 5.82 Å². The lowest BCUT2D eigenvalue weighted by Crippen LogP contribution is -2.52. The highest BCUT2D eigenvalue weighted by Crippen LogP contribution is 2.34. The van der Waals surface area contributed by atoms with E-state index in [0.717, 1.165) is 57.5 Å². The van der Waals surface area contributed by atoms with E-state index in [-0.39, 0.29) is 0 Å². The van der Waals surface area contributed by atoms with E-state index in [0.29, 0.717) is 5.92 Å². The third kappa shape index (κ3) is 3.52. The first-order chi connectivity index (χ1) is 12.8. The van der Waals surface area contributed by atoms with Gasteiger partial charge in [0.15, 0.2) is 5.96 Å². The second-order valence-electron chi connectivity index (χ2n) is 6.96. The molecule has 1 aliphatic heterocycles. The Hall–Kier alpha value is -2.56. The molecule has 0 saturated carbocycles. The summed E-state index contributed by atoms with van der Waals surface area (Å²) in [5, 5.41) is 3.48. The highest BCUT2D eigenvalue weighted by Gasteiger charge is 2.26. The summed E-state index contributed by atoms with van der Waals surface area (Å²) >= 11 is 0. The minimum atomic E-state index is 0.578. The van der Waals surface area contributed by atoms with Gasteiger partial charge in [-0.15, -0.1) is 0 Å². The van der Waals surface area contributed by atoms with Crippen LogP contribution >= 0.6 is 0 Å². The van der Waals surface area contributed by atoms with E-state index in [1.165, 1.54) is 11.1 Å².